The summed E-state index contributed by atoms with van der Waals surface area (Å²) in [5.41, 5.74) is 10.2. The molecule has 1 aromatic rings. The van der Waals surface area contributed by atoms with E-state index in [0.717, 1.165) is 16.5 Å². The van der Waals surface area contributed by atoms with Gasteiger partial charge in [0.2, 0.25) is 0 Å². The van der Waals surface area contributed by atoms with E-state index in [1.807, 2.05) is 31.2 Å². The summed E-state index contributed by atoms with van der Waals surface area (Å²) in [4.78, 5) is 0. The average molecular weight is 261 g/mol. The second-order valence-corrected chi connectivity index (χ2v) is 10.7. The molecule has 1 atom stereocenters. The van der Waals surface area contributed by atoms with E-state index in [4.69, 9.17) is 10.5 Å². The van der Waals surface area contributed by atoms with Crippen LogP contribution >= 0.6 is 0 Å². The number of rotatable bonds is 4. The Morgan fingerprint density at radius 3 is 2.11 bits per heavy atom. The van der Waals surface area contributed by atoms with Gasteiger partial charge in [-0.1, -0.05) is 38.4 Å². The normalized spacial score (nSPS) is 14.6. The molecule has 0 aliphatic rings. The van der Waals surface area contributed by atoms with E-state index in [2.05, 4.69) is 32.0 Å². The molecular formula is C15H23NOSi. The Labute approximate surface area is 111 Å². The van der Waals surface area contributed by atoms with Crippen LogP contribution in [0.1, 0.15) is 12.5 Å². The van der Waals surface area contributed by atoms with Crippen LogP contribution in [0.5, 0.6) is 5.75 Å². The Hall–Kier alpha value is -1.28. The van der Waals surface area contributed by atoms with Crippen molar-refractivity contribution in [2.75, 3.05) is 7.11 Å². The summed E-state index contributed by atoms with van der Waals surface area (Å²) in [5.74, 6) is 0.840. The summed E-state index contributed by atoms with van der Waals surface area (Å²) >= 11 is 0. The molecule has 1 aromatic carbocycles. The minimum atomic E-state index is -1.54. The first-order valence-electron chi connectivity index (χ1n) is 6.08. The highest BCUT2D eigenvalue weighted by Crippen LogP contribution is 2.32. The van der Waals surface area contributed by atoms with Crippen LogP contribution in [0.3, 0.4) is 0 Å². The Bertz CT molecular complexity index is 462. The van der Waals surface area contributed by atoms with Gasteiger partial charge in [0.1, 0.15) is 5.75 Å². The smallest absolute Gasteiger partial charge is 0.118 e. The number of benzene rings is 1. The molecule has 0 unspecified atom stereocenters. The van der Waals surface area contributed by atoms with E-state index >= 15 is 0 Å². The van der Waals surface area contributed by atoms with E-state index in [1.165, 1.54) is 0 Å². The van der Waals surface area contributed by atoms with Crippen molar-refractivity contribution in [3.8, 4) is 5.75 Å². The van der Waals surface area contributed by atoms with Crippen LogP contribution in [0.4, 0.5) is 0 Å². The van der Waals surface area contributed by atoms with Gasteiger partial charge >= 0.3 is 0 Å². The lowest BCUT2D eigenvalue weighted by atomic mass is 9.92. The van der Waals surface area contributed by atoms with Crippen molar-refractivity contribution in [3.63, 3.8) is 0 Å². The van der Waals surface area contributed by atoms with Gasteiger partial charge in [-0.25, -0.2) is 0 Å². The van der Waals surface area contributed by atoms with Crippen LogP contribution in [0.25, 0.3) is 0 Å². The zero-order valence-corrected chi connectivity index (χ0v) is 13.0. The highest BCUT2D eigenvalue weighted by molar-refractivity contribution is 6.83. The quantitative estimate of drug-likeness (QED) is 0.665. The van der Waals surface area contributed by atoms with Crippen LogP contribution in [0.2, 0.25) is 19.6 Å². The van der Waals surface area contributed by atoms with E-state index in [9.17, 15) is 0 Å². The van der Waals surface area contributed by atoms with Crippen LogP contribution in [-0.2, 0) is 5.54 Å². The molecule has 0 radical (unpaired) electrons. The molecule has 0 heterocycles. The predicted octanol–water partition coefficient (Wildman–Crippen LogP) is 3.46. The lowest BCUT2D eigenvalue weighted by molar-refractivity contribution is 0.414. The predicted molar refractivity (Wildman–Crippen MR) is 80.5 cm³/mol. The van der Waals surface area contributed by atoms with Gasteiger partial charge in [0.15, 0.2) is 0 Å². The lowest BCUT2D eigenvalue weighted by Gasteiger charge is -2.34. The molecule has 1 rings (SSSR count). The summed E-state index contributed by atoms with van der Waals surface area (Å²) in [7, 11) is 0.121. The first kappa shape index (κ1) is 14.8. The second kappa shape index (κ2) is 5.15. The van der Waals surface area contributed by atoms with Crippen LogP contribution in [0, 0.1) is 0 Å². The highest BCUT2D eigenvalue weighted by atomic mass is 28.3. The molecule has 0 aliphatic heterocycles. The molecule has 0 aliphatic carbocycles. The third-order valence-corrected chi connectivity index (χ3v) is 5.33. The first-order valence-corrected chi connectivity index (χ1v) is 9.58. The average Bonchev–Trinajstić information content (AvgIpc) is 2.27. The second-order valence-electron chi connectivity index (χ2n) is 5.73. The maximum Gasteiger partial charge on any atom is 0.118 e. The number of hydrogen-bond donors (Lipinski definition) is 1. The largest absolute Gasteiger partial charge is 0.497 e. The standard InChI is InChI=1S/C15H23NOSi/c1-7-14(18(4,5)6)15(2,16)12-8-10-13(17-3)11-9-12/h8-11H,1,16H2,2-6H3/t15-/m0/s1. The Morgan fingerprint density at radius 2 is 1.78 bits per heavy atom. The zero-order valence-electron chi connectivity index (χ0n) is 12.0. The van der Waals surface area contributed by atoms with Crippen LogP contribution in [-0.4, -0.2) is 15.2 Å². The summed E-state index contributed by atoms with van der Waals surface area (Å²) < 4.78 is 5.17. The third kappa shape index (κ3) is 2.93. The molecule has 0 fully saturated rings. The number of nitrogens with two attached hydrogens (primary N) is 1. The van der Waals surface area contributed by atoms with Crippen molar-refractivity contribution < 1.29 is 4.74 Å². The molecule has 0 saturated carbocycles. The van der Waals surface area contributed by atoms with Gasteiger partial charge < -0.3 is 10.5 Å². The molecule has 2 N–H and O–H groups in total. The summed E-state index contributed by atoms with van der Waals surface area (Å²) in [6.07, 6.45) is 0. The van der Waals surface area contributed by atoms with Crippen molar-refractivity contribution >= 4 is 8.07 Å². The van der Waals surface area contributed by atoms with E-state index in [1.54, 1.807) is 7.11 Å². The minimum Gasteiger partial charge on any atom is -0.497 e. The van der Waals surface area contributed by atoms with Crippen LogP contribution in [0.15, 0.2) is 41.8 Å². The van der Waals surface area contributed by atoms with Gasteiger partial charge in [0.05, 0.1) is 20.7 Å². The van der Waals surface area contributed by atoms with Gasteiger partial charge in [-0.15, -0.1) is 5.73 Å². The number of ether oxygens (including phenoxy) is 1. The Kier molecular flexibility index (Phi) is 4.23. The maximum atomic E-state index is 6.52. The Balaban J connectivity index is 3.23. The van der Waals surface area contributed by atoms with Gasteiger partial charge in [-0.3, -0.25) is 0 Å². The molecule has 3 heteroatoms. The first-order chi connectivity index (χ1) is 8.23. The topological polar surface area (TPSA) is 35.2 Å². The number of methoxy groups -OCH3 is 1. The SMILES string of the molecule is C=C=C([C@@](C)(N)c1ccc(OC)cc1)[Si](C)(C)C. The highest BCUT2D eigenvalue weighted by Gasteiger charge is 2.34. The molecule has 0 saturated heterocycles. The summed E-state index contributed by atoms with van der Waals surface area (Å²) in [6, 6.07) is 7.89. The summed E-state index contributed by atoms with van der Waals surface area (Å²) in [6.45, 7) is 12.6. The van der Waals surface area contributed by atoms with Crippen molar-refractivity contribution in [3.05, 3.63) is 47.3 Å². The fourth-order valence-corrected chi connectivity index (χ4v) is 4.54. The zero-order chi connectivity index (χ0) is 14.0. The summed E-state index contributed by atoms with van der Waals surface area (Å²) in [5, 5.41) is 1.14. The molecule has 18 heavy (non-hydrogen) atoms. The molecule has 2 nitrogen and oxygen atoms in total. The van der Waals surface area contributed by atoms with Gasteiger partial charge in [-0.05, 0) is 29.8 Å². The lowest BCUT2D eigenvalue weighted by Crippen LogP contribution is -2.44. The maximum absolute atomic E-state index is 6.52. The van der Waals surface area contributed by atoms with Crippen molar-refractivity contribution in [2.24, 2.45) is 5.73 Å². The van der Waals surface area contributed by atoms with Gasteiger partial charge in [0, 0.05) is 0 Å². The third-order valence-electron chi connectivity index (χ3n) is 3.14. The van der Waals surface area contributed by atoms with Crippen molar-refractivity contribution in [1.29, 1.82) is 0 Å². The fraction of sp³-hybridized carbons (Fsp3) is 0.400. The number of hydrogen-bond acceptors (Lipinski definition) is 2. The van der Waals surface area contributed by atoms with Gasteiger partial charge in [-0.2, -0.15) is 0 Å². The van der Waals surface area contributed by atoms with Crippen molar-refractivity contribution in [1.82, 2.24) is 0 Å². The van der Waals surface area contributed by atoms with Crippen LogP contribution < -0.4 is 10.5 Å². The van der Waals surface area contributed by atoms with E-state index in [0.29, 0.717) is 0 Å². The molecule has 0 spiro atoms. The molecule has 0 aromatic heterocycles. The fourth-order valence-electron chi connectivity index (χ4n) is 2.31. The van der Waals surface area contributed by atoms with Crippen molar-refractivity contribution in [2.45, 2.75) is 32.1 Å². The molecular weight excluding hydrogens is 238 g/mol. The van der Waals surface area contributed by atoms with Gasteiger partial charge in [0.25, 0.3) is 0 Å². The molecule has 0 bridgehead atoms. The Morgan fingerprint density at radius 1 is 1.28 bits per heavy atom. The molecule has 98 valence electrons. The van der Waals surface area contributed by atoms with E-state index in [-0.39, 0.29) is 0 Å². The minimum absolute atomic E-state index is 0.515. The van der Waals surface area contributed by atoms with E-state index < -0.39 is 13.6 Å². The molecule has 0 amide bonds. The monoisotopic (exact) mass is 261 g/mol.